The summed E-state index contributed by atoms with van der Waals surface area (Å²) in [5, 5.41) is 2.41. The van der Waals surface area contributed by atoms with Gasteiger partial charge in [-0.3, -0.25) is 10.1 Å². The number of ether oxygens (including phenoxy) is 1. The first kappa shape index (κ1) is 15.3. The topological polar surface area (TPSA) is 38.3 Å². The molecule has 0 aromatic rings. The maximum absolute atomic E-state index is 12.4. The van der Waals surface area contributed by atoms with Crippen LogP contribution in [0, 0.1) is 5.41 Å². The third-order valence-corrected chi connectivity index (χ3v) is 3.72. The van der Waals surface area contributed by atoms with Crippen molar-refractivity contribution >= 4 is 5.97 Å². The molecule has 1 unspecified atom stereocenters. The lowest BCUT2D eigenvalue weighted by molar-refractivity contribution is -0.161. The Balaban J connectivity index is 2.92. The van der Waals surface area contributed by atoms with Gasteiger partial charge in [0.05, 0.1) is 13.2 Å². The molecule has 1 aliphatic rings. The summed E-state index contributed by atoms with van der Waals surface area (Å²) in [5.41, 5.74) is -1.76. The van der Waals surface area contributed by atoms with Crippen molar-refractivity contribution in [1.29, 1.82) is 0 Å². The summed E-state index contributed by atoms with van der Waals surface area (Å²) < 4.78 is 42.1. The Labute approximate surface area is 105 Å². The summed E-state index contributed by atoms with van der Waals surface area (Å²) in [7, 11) is 0. The van der Waals surface area contributed by atoms with Crippen LogP contribution >= 0.6 is 0 Å². The number of carbonyl (C=O) groups is 1. The van der Waals surface area contributed by atoms with Crippen molar-refractivity contribution in [3.8, 4) is 0 Å². The van der Waals surface area contributed by atoms with Crippen LogP contribution in [-0.4, -0.2) is 30.8 Å². The Bertz CT molecular complexity index is 315. The molecule has 6 heteroatoms. The molecule has 0 bridgehead atoms. The number of hydrogen-bond donors (Lipinski definition) is 1. The van der Waals surface area contributed by atoms with Gasteiger partial charge in [-0.05, 0) is 25.2 Å². The zero-order valence-corrected chi connectivity index (χ0v) is 11.0. The second-order valence-corrected chi connectivity index (χ2v) is 5.33. The van der Waals surface area contributed by atoms with Crippen LogP contribution in [0.5, 0.6) is 0 Å². The third-order valence-electron chi connectivity index (χ3n) is 3.72. The van der Waals surface area contributed by atoms with E-state index in [0.717, 1.165) is 6.42 Å². The van der Waals surface area contributed by atoms with E-state index in [1.807, 2.05) is 0 Å². The minimum absolute atomic E-state index is 0.171. The highest BCUT2D eigenvalue weighted by atomic mass is 19.4. The molecule has 18 heavy (non-hydrogen) atoms. The first-order valence-corrected chi connectivity index (χ1v) is 6.14. The minimum atomic E-state index is -4.34. The molecule has 0 aliphatic heterocycles. The van der Waals surface area contributed by atoms with Crippen molar-refractivity contribution in [3.05, 3.63) is 0 Å². The molecule has 3 nitrogen and oxygen atoms in total. The number of hydrogen-bond acceptors (Lipinski definition) is 3. The van der Waals surface area contributed by atoms with Crippen LogP contribution in [0.3, 0.4) is 0 Å². The Morgan fingerprint density at radius 1 is 1.33 bits per heavy atom. The van der Waals surface area contributed by atoms with Crippen LogP contribution in [0.2, 0.25) is 0 Å². The predicted octanol–water partition coefficient (Wildman–Crippen LogP) is 2.65. The number of esters is 1. The molecule has 106 valence electrons. The molecule has 1 fully saturated rings. The van der Waals surface area contributed by atoms with Crippen LogP contribution in [0.25, 0.3) is 0 Å². The smallest absolute Gasteiger partial charge is 0.401 e. The molecule has 1 N–H and O–H groups in total. The van der Waals surface area contributed by atoms with Crippen molar-refractivity contribution in [3.63, 3.8) is 0 Å². The molecule has 0 heterocycles. The van der Waals surface area contributed by atoms with Gasteiger partial charge in [0.15, 0.2) is 0 Å². The van der Waals surface area contributed by atoms with Crippen molar-refractivity contribution in [1.82, 2.24) is 5.32 Å². The van der Waals surface area contributed by atoms with Gasteiger partial charge in [-0.2, -0.15) is 13.2 Å². The fraction of sp³-hybridized carbons (Fsp3) is 0.917. The Morgan fingerprint density at radius 2 is 1.94 bits per heavy atom. The summed E-state index contributed by atoms with van der Waals surface area (Å²) in [5.74, 6) is -0.572. The second kappa shape index (κ2) is 5.07. The van der Waals surface area contributed by atoms with E-state index in [9.17, 15) is 18.0 Å². The fourth-order valence-corrected chi connectivity index (χ4v) is 2.63. The zero-order valence-electron chi connectivity index (χ0n) is 11.0. The number of alkyl halides is 3. The van der Waals surface area contributed by atoms with Crippen LogP contribution in [0.4, 0.5) is 13.2 Å². The summed E-state index contributed by atoms with van der Waals surface area (Å²) in [6.45, 7) is 4.26. The van der Waals surface area contributed by atoms with E-state index in [1.54, 1.807) is 20.8 Å². The lowest BCUT2D eigenvalue weighted by atomic mass is 9.74. The Morgan fingerprint density at radius 3 is 2.33 bits per heavy atom. The van der Waals surface area contributed by atoms with Gasteiger partial charge in [0.2, 0.25) is 0 Å². The van der Waals surface area contributed by atoms with Gasteiger partial charge in [-0.15, -0.1) is 0 Å². The Hall–Kier alpha value is -0.780. The Kier molecular flexibility index (Phi) is 4.30. The number of carbonyl (C=O) groups excluding carboxylic acids is 1. The predicted molar refractivity (Wildman–Crippen MR) is 61.1 cm³/mol. The standard InChI is InChI=1S/C12H20F3NO2/c1-4-18-9(17)11(16-8-12(13,14)15)7-5-6-10(11,2)3/h16H,4-8H2,1-3H3. The molecule has 0 spiro atoms. The normalized spacial score (nSPS) is 27.2. The highest BCUT2D eigenvalue weighted by Crippen LogP contribution is 2.47. The summed E-state index contributed by atoms with van der Waals surface area (Å²) in [6, 6.07) is 0. The van der Waals surface area contributed by atoms with Crippen LogP contribution < -0.4 is 5.32 Å². The maximum Gasteiger partial charge on any atom is 0.401 e. The van der Waals surface area contributed by atoms with Gasteiger partial charge in [-0.25, -0.2) is 0 Å². The average molecular weight is 267 g/mol. The first-order chi connectivity index (χ1) is 8.15. The van der Waals surface area contributed by atoms with E-state index in [4.69, 9.17) is 4.74 Å². The van der Waals surface area contributed by atoms with Crippen LogP contribution in [0.1, 0.15) is 40.0 Å². The van der Waals surface area contributed by atoms with Gasteiger partial charge >= 0.3 is 12.1 Å². The quantitative estimate of drug-likeness (QED) is 0.796. The summed E-state index contributed by atoms with van der Waals surface area (Å²) in [6.07, 6.45) is -2.53. The molecule has 0 aromatic heterocycles. The average Bonchev–Trinajstić information content (AvgIpc) is 2.51. The van der Waals surface area contributed by atoms with Gasteiger partial charge in [0, 0.05) is 0 Å². The zero-order chi connectivity index (χ0) is 14.0. The van der Waals surface area contributed by atoms with E-state index in [-0.39, 0.29) is 6.61 Å². The van der Waals surface area contributed by atoms with E-state index in [0.29, 0.717) is 12.8 Å². The van der Waals surface area contributed by atoms with Gasteiger partial charge in [0.1, 0.15) is 5.54 Å². The largest absolute Gasteiger partial charge is 0.465 e. The van der Waals surface area contributed by atoms with E-state index >= 15 is 0 Å². The van der Waals surface area contributed by atoms with Crippen molar-refractivity contribution in [2.75, 3.05) is 13.2 Å². The maximum atomic E-state index is 12.4. The monoisotopic (exact) mass is 267 g/mol. The lowest BCUT2D eigenvalue weighted by Gasteiger charge is -2.40. The minimum Gasteiger partial charge on any atom is -0.465 e. The summed E-state index contributed by atoms with van der Waals surface area (Å²) in [4.78, 5) is 12.0. The van der Waals surface area contributed by atoms with E-state index in [2.05, 4.69) is 5.32 Å². The van der Waals surface area contributed by atoms with Gasteiger partial charge in [0.25, 0.3) is 0 Å². The lowest BCUT2D eigenvalue weighted by Crippen LogP contribution is -2.61. The highest BCUT2D eigenvalue weighted by molar-refractivity contribution is 5.82. The van der Waals surface area contributed by atoms with E-state index in [1.165, 1.54) is 0 Å². The van der Waals surface area contributed by atoms with Crippen molar-refractivity contribution < 1.29 is 22.7 Å². The summed E-state index contributed by atoms with van der Waals surface area (Å²) >= 11 is 0. The highest BCUT2D eigenvalue weighted by Gasteiger charge is 2.56. The van der Waals surface area contributed by atoms with E-state index < -0.39 is 29.6 Å². The molecule has 0 radical (unpaired) electrons. The van der Waals surface area contributed by atoms with Gasteiger partial charge in [-0.1, -0.05) is 20.3 Å². The van der Waals surface area contributed by atoms with Gasteiger partial charge < -0.3 is 4.74 Å². The number of halogens is 3. The molecule has 0 aromatic carbocycles. The molecule has 0 amide bonds. The third kappa shape index (κ3) is 2.96. The molecule has 1 aliphatic carbocycles. The van der Waals surface area contributed by atoms with Crippen LogP contribution in [0.15, 0.2) is 0 Å². The molecule has 1 rings (SSSR count). The molecule has 1 saturated carbocycles. The number of nitrogens with one attached hydrogen (secondary N) is 1. The first-order valence-electron chi connectivity index (χ1n) is 6.14. The number of rotatable bonds is 4. The second-order valence-electron chi connectivity index (χ2n) is 5.33. The molecule has 0 saturated heterocycles. The fourth-order valence-electron chi connectivity index (χ4n) is 2.63. The van der Waals surface area contributed by atoms with Crippen molar-refractivity contribution in [2.45, 2.75) is 51.7 Å². The van der Waals surface area contributed by atoms with Crippen LogP contribution in [-0.2, 0) is 9.53 Å². The molecular formula is C12H20F3NO2. The van der Waals surface area contributed by atoms with Crippen molar-refractivity contribution in [2.24, 2.45) is 5.41 Å². The molecular weight excluding hydrogens is 247 g/mol. The SMILES string of the molecule is CCOC(=O)C1(NCC(F)(F)F)CCCC1(C)C. The molecule has 1 atom stereocenters.